The summed E-state index contributed by atoms with van der Waals surface area (Å²) in [7, 11) is 9.63. The fraction of sp³-hybridized carbons (Fsp3) is 0. The predicted octanol–water partition coefficient (Wildman–Crippen LogP) is 4.62. The van der Waals surface area contributed by atoms with Gasteiger partial charge in [0.1, 0.15) is 0 Å². The number of rotatable bonds is 0. The first-order valence-electron chi connectivity index (χ1n) is 3.11. The van der Waals surface area contributed by atoms with E-state index in [0.29, 0.717) is 0 Å². The molecule has 0 amide bonds. The zero-order valence-corrected chi connectivity index (χ0v) is 15.0. The average molecular weight is 448 g/mol. The molecule has 0 N–H and O–H groups in total. The zero-order valence-electron chi connectivity index (χ0n) is 6.91. The van der Waals surface area contributed by atoms with Crippen molar-refractivity contribution in [2.75, 3.05) is 0 Å². The number of halogens is 2. The van der Waals surface area contributed by atoms with Crippen LogP contribution >= 0.6 is 64.4 Å². The van der Waals surface area contributed by atoms with Gasteiger partial charge in [-0.2, -0.15) is 0 Å². The molecule has 0 aliphatic heterocycles. The Balaban J connectivity index is 0.000000210. The summed E-state index contributed by atoms with van der Waals surface area (Å²) in [6.07, 6.45) is 0. The maximum Gasteiger partial charge on any atom is 0.331 e. The van der Waals surface area contributed by atoms with Gasteiger partial charge in [0.25, 0.3) is 0 Å². The molecule has 0 aromatic carbocycles. The minimum absolute atomic E-state index is 0.106. The van der Waals surface area contributed by atoms with Crippen LogP contribution in [-0.4, -0.2) is 0 Å². The smallest absolute Gasteiger partial charge is 0.0731 e. The summed E-state index contributed by atoms with van der Waals surface area (Å²) in [5.74, 6) is 0. The third kappa shape index (κ3) is 12.0. The van der Waals surface area contributed by atoms with Gasteiger partial charge in [-0.3, -0.25) is 0 Å². The van der Waals surface area contributed by atoms with Crippen molar-refractivity contribution in [2.45, 2.75) is 0 Å². The van der Waals surface area contributed by atoms with Crippen LogP contribution in [0.15, 0.2) is 21.5 Å². The van der Waals surface area contributed by atoms with Crippen LogP contribution in [0.3, 0.4) is 0 Å². The van der Waals surface area contributed by atoms with E-state index >= 15 is 0 Å². The van der Waals surface area contributed by atoms with Crippen molar-refractivity contribution in [1.29, 1.82) is 0 Å². The maximum absolute atomic E-state index is 4.81. The van der Waals surface area contributed by atoms with Crippen LogP contribution in [0.4, 0.5) is 0 Å². The Morgan fingerprint density at radius 3 is 1.07 bits per heavy atom. The summed E-state index contributed by atoms with van der Waals surface area (Å²) in [5, 5.41) is 8.08. The first kappa shape index (κ1) is 16.8. The van der Waals surface area contributed by atoms with Gasteiger partial charge < -0.3 is 0 Å². The molecular weight excluding hydrogens is 442 g/mol. The van der Waals surface area contributed by atoms with Crippen LogP contribution in [0.2, 0.25) is 0 Å². The van der Waals surface area contributed by atoms with E-state index in [4.69, 9.17) is 19.1 Å². The van der Waals surface area contributed by atoms with E-state index in [1.165, 1.54) is 0 Å². The summed E-state index contributed by atoms with van der Waals surface area (Å²) in [6, 6.07) is 0. The average Bonchev–Trinajstić information content (AvgIpc) is 2.81. The van der Waals surface area contributed by atoms with Crippen LogP contribution in [-0.2, 0) is 40.4 Å². The maximum atomic E-state index is 4.81. The van der Waals surface area contributed by atoms with Crippen molar-refractivity contribution in [1.82, 2.24) is 0 Å². The summed E-state index contributed by atoms with van der Waals surface area (Å²) in [4.78, 5) is 0. The minimum Gasteiger partial charge on any atom is -0.0731 e. The van der Waals surface area contributed by atoms with E-state index in [0.717, 1.165) is 6.28 Å². The normalized spacial score (nSPS) is 8.40. The van der Waals surface area contributed by atoms with Gasteiger partial charge in [-0.05, 0) is 0 Å². The Morgan fingerprint density at radius 1 is 0.800 bits per heavy atom. The Labute approximate surface area is 131 Å². The topological polar surface area (TPSA) is 0 Å². The Kier molecular flexibility index (Phi) is 13.7. The van der Waals surface area contributed by atoms with E-state index in [-0.39, 0.29) is 15.9 Å². The molecule has 0 nitrogen and oxygen atoms in total. The molecule has 88 valence electrons. The van der Waals surface area contributed by atoms with Gasteiger partial charge in [-0.15, -0.1) is 0 Å². The van der Waals surface area contributed by atoms with Crippen molar-refractivity contribution >= 4 is 88.8 Å². The van der Waals surface area contributed by atoms with Gasteiger partial charge in [0.05, 0.1) is 0 Å². The van der Waals surface area contributed by atoms with Gasteiger partial charge in [-0.1, -0.05) is 45.3 Å². The summed E-state index contributed by atoms with van der Waals surface area (Å²) in [6.45, 7) is 0. The van der Waals surface area contributed by atoms with E-state index in [2.05, 4.69) is 24.4 Å². The van der Waals surface area contributed by atoms with E-state index < -0.39 is 0 Å². The van der Waals surface area contributed by atoms with Crippen molar-refractivity contribution in [2.24, 2.45) is 0 Å². The predicted molar refractivity (Wildman–Crippen MR) is 80.1 cm³/mol. The Morgan fingerprint density at radius 2 is 1.00 bits per heavy atom. The van der Waals surface area contributed by atoms with Gasteiger partial charge in [-0.25, -0.2) is 0 Å². The molecule has 0 bridgehead atoms. The Bertz CT molecular complexity index is 355. The first-order valence-corrected chi connectivity index (χ1v) is 11.5. The molecule has 0 saturated heterocycles. The Hall–Kier alpha value is 1.78. The first-order chi connectivity index (χ1) is 7.20. The number of hydrogen-bond donors (Lipinski definition) is 0. The molecule has 0 unspecified atom stereocenters. The number of thiol groups is 2. The van der Waals surface area contributed by atoms with Gasteiger partial charge in [0.15, 0.2) is 24.4 Å². The van der Waals surface area contributed by atoms with E-state index in [9.17, 15) is 0 Å². The minimum atomic E-state index is -0.106. The van der Waals surface area contributed by atoms with Crippen molar-refractivity contribution in [3.63, 3.8) is 0 Å². The van der Waals surface area contributed by atoms with Crippen molar-refractivity contribution in [3.8, 4) is 0 Å². The van der Waals surface area contributed by atoms with Crippen LogP contribution in [0, 0.1) is 6.28 Å². The fourth-order valence-corrected chi connectivity index (χ4v) is 3.60. The summed E-state index contributed by atoms with van der Waals surface area (Å²) >= 11 is 14.7. The molecule has 15 heavy (non-hydrogen) atoms. The monoisotopic (exact) mass is 446 g/mol. The molecule has 2 aromatic rings. The molecule has 0 saturated carbocycles. The SMILES string of the molecule is [Cl][Pd][Cl].[SH+]=c1sccs1.[SH+]=c1sccs1. The third-order valence-corrected chi connectivity index (χ3v) is 5.45. The second-order valence-electron chi connectivity index (χ2n) is 1.59. The second kappa shape index (κ2) is 12.2. The number of hydrogen-bond acceptors (Lipinski definition) is 4. The van der Waals surface area contributed by atoms with Gasteiger partial charge >= 0.3 is 41.3 Å². The second-order valence-corrected chi connectivity index (χ2v) is 10.2. The summed E-state index contributed by atoms with van der Waals surface area (Å²) < 4.78 is 2.24. The van der Waals surface area contributed by atoms with Crippen molar-refractivity contribution < 1.29 is 15.9 Å². The standard InChI is InChI=1S/2C3H2S3.2ClH.Pd/c2*4-3-5-1-2-6-3;;;/h2*1-2H;2*1H;/q;;;;+2. The van der Waals surface area contributed by atoms with Crippen LogP contribution in [0.1, 0.15) is 0 Å². The molecule has 2 aromatic heterocycles. The molecule has 0 spiro atoms. The van der Waals surface area contributed by atoms with Crippen LogP contribution in [0.5, 0.6) is 0 Å². The molecular formula is C6H6Cl2PdS6+2. The molecule has 0 fully saturated rings. The fourth-order valence-electron chi connectivity index (χ4n) is 0.399. The third-order valence-electron chi connectivity index (χ3n) is 0.787. The van der Waals surface area contributed by atoms with Crippen LogP contribution < -0.4 is 0 Å². The zero-order chi connectivity index (χ0) is 11.5. The van der Waals surface area contributed by atoms with Gasteiger partial charge in [0.2, 0.25) is 0 Å². The molecule has 0 aliphatic carbocycles. The van der Waals surface area contributed by atoms with Crippen LogP contribution in [0.25, 0.3) is 0 Å². The molecule has 2 rings (SSSR count). The molecule has 0 atom stereocenters. The molecule has 0 radical (unpaired) electrons. The molecule has 2 heterocycles. The molecule has 9 heteroatoms. The van der Waals surface area contributed by atoms with Crippen molar-refractivity contribution in [3.05, 3.63) is 27.8 Å². The van der Waals surface area contributed by atoms with Gasteiger partial charge in [0, 0.05) is 21.5 Å². The molecule has 0 aliphatic rings. The quantitative estimate of drug-likeness (QED) is 0.239. The van der Waals surface area contributed by atoms with E-state index in [1.807, 2.05) is 21.5 Å². The largest absolute Gasteiger partial charge is 0.331 e. The summed E-state index contributed by atoms with van der Waals surface area (Å²) in [5.41, 5.74) is 0. The van der Waals surface area contributed by atoms with E-state index in [1.54, 1.807) is 45.3 Å².